The van der Waals surface area contributed by atoms with Gasteiger partial charge in [-0.15, -0.1) is 0 Å². The molecule has 0 saturated carbocycles. The van der Waals surface area contributed by atoms with Crippen LogP contribution in [-0.2, 0) is 5.41 Å². The maximum atomic E-state index is 6.80. The zero-order valence-corrected chi connectivity index (χ0v) is 34.1. The van der Waals surface area contributed by atoms with Crippen LogP contribution in [0.1, 0.15) is 22.3 Å². The molecule has 0 aliphatic carbocycles. The summed E-state index contributed by atoms with van der Waals surface area (Å²) in [7, 11) is 0. The van der Waals surface area contributed by atoms with Crippen molar-refractivity contribution in [3.8, 4) is 67.9 Å². The van der Waals surface area contributed by atoms with Crippen LogP contribution in [0.4, 0.5) is 17.1 Å². The lowest BCUT2D eigenvalue weighted by Crippen LogP contribution is -2.39. The molecule has 0 N–H and O–H groups in total. The Labute approximate surface area is 366 Å². The average Bonchev–Trinajstić information content (AvgIpc) is 3.37. The molecule has 9 aromatic carbocycles. The number of fused-ring (bicyclic) bond motifs is 8. The second kappa shape index (κ2) is 14.9. The Balaban J connectivity index is 1.18. The summed E-state index contributed by atoms with van der Waals surface area (Å²) in [6.45, 7) is 0. The molecule has 0 saturated heterocycles. The van der Waals surface area contributed by atoms with E-state index in [2.05, 4.69) is 175 Å². The Kier molecular flexibility index (Phi) is 8.64. The van der Waals surface area contributed by atoms with Crippen molar-refractivity contribution in [2.24, 2.45) is 0 Å². The molecule has 12 rings (SSSR count). The van der Waals surface area contributed by atoms with Crippen molar-refractivity contribution in [2.45, 2.75) is 5.41 Å². The fourth-order valence-corrected chi connectivity index (χ4v) is 9.54. The lowest BCUT2D eigenvalue weighted by atomic mass is 9.61. The predicted octanol–water partition coefficient (Wildman–Crippen LogP) is 14.5. The molecule has 296 valence electrons. The molecule has 1 aromatic heterocycles. The van der Waals surface area contributed by atoms with Gasteiger partial charge in [0, 0.05) is 33.5 Å². The third-order valence-corrected chi connectivity index (χ3v) is 12.4. The number of benzene rings is 9. The highest BCUT2D eigenvalue weighted by Crippen LogP contribution is 2.63. The van der Waals surface area contributed by atoms with E-state index in [1.165, 1.54) is 0 Å². The SMILES string of the molecule is c1ccc(-c2cccc(N3c4cc(-c5ccccc5)ccc4C4(c5ccccc5Oc5ccccc54)c4cc(-c5nc(-c6ccccc6)nc(-c6ccccc6)n5)ccc43)c2)cc1. The number of aromatic nitrogens is 3. The van der Waals surface area contributed by atoms with Crippen molar-refractivity contribution < 1.29 is 4.74 Å². The monoisotopic (exact) mass is 806 g/mol. The van der Waals surface area contributed by atoms with Crippen LogP contribution in [0.5, 0.6) is 11.5 Å². The second-order valence-electron chi connectivity index (χ2n) is 16.0. The van der Waals surface area contributed by atoms with Gasteiger partial charge in [-0.3, -0.25) is 0 Å². The molecule has 0 bridgehead atoms. The average molecular weight is 807 g/mol. The van der Waals surface area contributed by atoms with Crippen LogP contribution in [0.2, 0.25) is 0 Å². The van der Waals surface area contributed by atoms with Gasteiger partial charge in [0.15, 0.2) is 17.5 Å². The van der Waals surface area contributed by atoms with Crippen molar-refractivity contribution in [1.82, 2.24) is 15.0 Å². The molecule has 1 spiro atoms. The molecule has 5 heteroatoms. The van der Waals surface area contributed by atoms with Crippen molar-refractivity contribution in [1.29, 1.82) is 0 Å². The fraction of sp³-hybridized carbons (Fsp3) is 0.0172. The number of para-hydroxylation sites is 2. The van der Waals surface area contributed by atoms with Crippen LogP contribution in [0, 0.1) is 0 Å². The van der Waals surface area contributed by atoms with Crippen LogP contribution in [0.15, 0.2) is 231 Å². The van der Waals surface area contributed by atoms with Gasteiger partial charge in [0.1, 0.15) is 11.5 Å². The Bertz CT molecular complexity index is 3210. The van der Waals surface area contributed by atoms with E-state index in [4.69, 9.17) is 19.7 Å². The Morgan fingerprint density at radius 3 is 1.33 bits per heavy atom. The van der Waals surface area contributed by atoms with Gasteiger partial charge in [-0.2, -0.15) is 0 Å². The molecule has 0 unspecified atom stereocenters. The van der Waals surface area contributed by atoms with E-state index in [0.29, 0.717) is 17.5 Å². The maximum absolute atomic E-state index is 6.80. The molecule has 0 amide bonds. The van der Waals surface area contributed by atoms with Crippen LogP contribution in [-0.4, -0.2) is 15.0 Å². The Morgan fingerprint density at radius 1 is 0.302 bits per heavy atom. The topological polar surface area (TPSA) is 51.1 Å². The van der Waals surface area contributed by atoms with Gasteiger partial charge >= 0.3 is 0 Å². The summed E-state index contributed by atoms with van der Waals surface area (Å²) in [5.41, 5.74) is 14.1. The molecule has 3 heterocycles. The standard InChI is InChI=1S/C58H38N4O/c1-5-18-39(19-6-1)43-26-17-27-46(36-43)62-51-35-33-45(57-60-55(41-22-9-3-10-23-41)59-56(61-57)42-24-11-4-12-25-42)37-50(51)58(47-34-32-44(38-52(47)62)40-20-7-2-8-21-40)48-28-13-15-30-53(48)63-54-31-16-14-29-49(54)58/h1-38H. The number of hydrogen-bond donors (Lipinski definition) is 0. The highest BCUT2D eigenvalue weighted by molar-refractivity contribution is 5.94. The van der Waals surface area contributed by atoms with E-state index in [1.807, 2.05) is 60.7 Å². The van der Waals surface area contributed by atoms with Crippen molar-refractivity contribution >= 4 is 17.1 Å². The minimum atomic E-state index is -0.799. The number of ether oxygens (including phenoxy) is 1. The van der Waals surface area contributed by atoms with Gasteiger partial charge in [-0.05, 0) is 81.9 Å². The van der Waals surface area contributed by atoms with Crippen LogP contribution in [0.3, 0.4) is 0 Å². The maximum Gasteiger partial charge on any atom is 0.164 e. The highest BCUT2D eigenvalue weighted by Gasteiger charge is 2.51. The number of hydrogen-bond acceptors (Lipinski definition) is 5. The molecule has 2 aliphatic heterocycles. The van der Waals surface area contributed by atoms with E-state index in [9.17, 15) is 0 Å². The number of nitrogens with zero attached hydrogens (tertiary/aromatic N) is 4. The Morgan fingerprint density at radius 2 is 0.762 bits per heavy atom. The lowest BCUT2D eigenvalue weighted by Gasteiger charge is -2.49. The number of anilines is 3. The van der Waals surface area contributed by atoms with E-state index < -0.39 is 5.41 Å². The summed E-state index contributed by atoms with van der Waals surface area (Å²) in [6, 6.07) is 81.1. The zero-order valence-electron chi connectivity index (χ0n) is 34.1. The van der Waals surface area contributed by atoms with Crippen LogP contribution in [0.25, 0.3) is 56.4 Å². The lowest BCUT2D eigenvalue weighted by molar-refractivity contribution is 0.434. The summed E-state index contributed by atoms with van der Waals surface area (Å²) in [6.07, 6.45) is 0. The predicted molar refractivity (Wildman–Crippen MR) is 254 cm³/mol. The largest absolute Gasteiger partial charge is 0.457 e. The summed E-state index contributed by atoms with van der Waals surface area (Å²) < 4.78 is 6.80. The first-order chi connectivity index (χ1) is 31.2. The Hall–Kier alpha value is -8.41. The first-order valence-corrected chi connectivity index (χ1v) is 21.3. The minimum Gasteiger partial charge on any atom is -0.457 e. The van der Waals surface area contributed by atoms with Gasteiger partial charge in [0.05, 0.1) is 16.8 Å². The van der Waals surface area contributed by atoms with E-state index >= 15 is 0 Å². The van der Waals surface area contributed by atoms with Gasteiger partial charge < -0.3 is 9.64 Å². The van der Waals surface area contributed by atoms with Gasteiger partial charge in [0.25, 0.3) is 0 Å². The van der Waals surface area contributed by atoms with E-state index in [0.717, 1.165) is 89.8 Å². The van der Waals surface area contributed by atoms with E-state index in [1.54, 1.807) is 0 Å². The van der Waals surface area contributed by atoms with Crippen LogP contribution < -0.4 is 9.64 Å². The van der Waals surface area contributed by atoms with Crippen molar-refractivity contribution in [2.75, 3.05) is 4.90 Å². The number of rotatable bonds is 6. The normalized spacial score (nSPS) is 13.0. The fourth-order valence-electron chi connectivity index (χ4n) is 9.54. The summed E-state index contributed by atoms with van der Waals surface area (Å²) in [4.78, 5) is 17.9. The quantitative estimate of drug-likeness (QED) is 0.167. The minimum absolute atomic E-state index is 0.595. The third kappa shape index (κ3) is 6.05. The summed E-state index contributed by atoms with van der Waals surface area (Å²) >= 11 is 0. The van der Waals surface area contributed by atoms with Crippen molar-refractivity contribution in [3.63, 3.8) is 0 Å². The van der Waals surface area contributed by atoms with Crippen LogP contribution >= 0.6 is 0 Å². The molecule has 0 radical (unpaired) electrons. The van der Waals surface area contributed by atoms with Gasteiger partial charge in [-0.25, -0.2) is 15.0 Å². The molecule has 2 aliphatic rings. The second-order valence-corrected chi connectivity index (χ2v) is 16.0. The molecular weight excluding hydrogens is 769 g/mol. The third-order valence-electron chi connectivity index (χ3n) is 12.4. The van der Waals surface area contributed by atoms with Crippen molar-refractivity contribution in [3.05, 3.63) is 253 Å². The van der Waals surface area contributed by atoms with Gasteiger partial charge in [0.2, 0.25) is 0 Å². The molecule has 0 fully saturated rings. The smallest absolute Gasteiger partial charge is 0.164 e. The molecule has 10 aromatic rings. The molecule has 5 nitrogen and oxygen atoms in total. The zero-order chi connectivity index (χ0) is 41.7. The molecule has 0 atom stereocenters. The van der Waals surface area contributed by atoms with E-state index in [-0.39, 0.29) is 0 Å². The summed E-state index contributed by atoms with van der Waals surface area (Å²) in [5, 5.41) is 0. The molecule has 63 heavy (non-hydrogen) atoms. The first kappa shape index (κ1) is 36.4. The highest BCUT2D eigenvalue weighted by atomic mass is 16.5. The van der Waals surface area contributed by atoms with Gasteiger partial charge in [-0.1, -0.05) is 182 Å². The summed E-state index contributed by atoms with van der Waals surface area (Å²) in [5.74, 6) is 3.47. The first-order valence-electron chi connectivity index (χ1n) is 21.3. The molecular formula is C58H38N4O.